The van der Waals surface area contributed by atoms with Gasteiger partial charge in [0.1, 0.15) is 5.82 Å². The number of aryl methyl sites for hydroxylation is 1. The molecular weight excluding hydrogens is 376 g/mol. The number of hydrazone groups is 1. The normalized spacial score (nSPS) is 11.1. The van der Waals surface area contributed by atoms with Crippen LogP contribution in [0.1, 0.15) is 24.2 Å². The van der Waals surface area contributed by atoms with Gasteiger partial charge in [0.25, 0.3) is 5.56 Å². The van der Waals surface area contributed by atoms with Crippen LogP contribution < -0.4 is 15.7 Å². The molecule has 0 unspecified atom stereocenters. The third kappa shape index (κ3) is 4.89. The molecule has 0 aliphatic carbocycles. The van der Waals surface area contributed by atoms with Crippen LogP contribution in [0.5, 0.6) is 17.2 Å². The van der Waals surface area contributed by atoms with Crippen LogP contribution in [0.4, 0.5) is 0 Å². The largest absolute Gasteiger partial charge is 0.504 e. The zero-order valence-electron chi connectivity index (χ0n) is 15.7. The molecule has 0 spiro atoms. The number of methoxy groups -OCH3 is 1. The van der Waals surface area contributed by atoms with Crippen LogP contribution >= 0.6 is 0 Å². The summed E-state index contributed by atoms with van der Waals surface area (Å²) in [7, 11) is 1.36. The van der Waals surface area contributed by atoms with Crippen LogP contribution in [0.15, 0.2) is 46.3 Å². The van der Waals surface area contributed by atoms with Gasteiger partial charge >= 0.3 is 0 Å². The third-order valence-corrected chi connectivity index (χ3v) is 4.18. The van der Waals surface area contributed by atoms with Crippen molar-refractivity contribution in [3.05, 3.63) is 58.1 Å². The van der Waals surface area contributed by atoms with Crippen molar-refractivity contribution in [1.82, 2.24) is 15.4 Å². The fourth-order valence-corrected chi connectivity index (χ4v) is 2.75. The predicted molar refractivity (Wildman–Crippen MR) is 107 cm³/mol. The molecule has 0 aliphatic rings. The number of nitrogens with zero attached hydrogens (tertiary/aromatic N) is 2. The zero-order chi connectivity index (χ0) is 20.8. The fraction of sp³-hybridized carbons (Fsp3) is 0.200. The number of phenolic OH excluding ortho intramolecular Hbond substituents is 2. The van der Waals surface area contributed by atoms with Gasteiger partial charge in [-0.15, -0.1) is 0 Å². The average Bonchev–Trinajstić information content (AvgIpc) is 2.70. The van der Waals surface area contributed by atoms with Crippen LogP contribution in [0.3, 0.4) is 0 Å². The van der Waals surface area contributed by atoms with Crippen molar-refractivity contribution < 1.29 is 19.7 Å². The van der Waals surface area contributed by atoms with Crippen molar-refractivity contribution in [2.45, 2.75) is 19.3 Å². The molecule has 1 amide bonds. The van der Waals surface area contributed by atoms with Gasteiger partial charge in [0.05, 0.1) is 24.2 Å². The van der Waals surface area contributed by atoms with E-state index in [-0.39, 0.29) is 35.1 Å². The van der Waals surface area contributed by atoms with Crippen LogP contribution in [-0.2, 0) is 11.2 Å². The van der Waals surface area contributed by atoms with Gasteiger partial charge in [0.15, 0.2) is 11.5 Å². The standard InChI is InChI=1S/C20H20N4O5/c1-29-16-10-12(9-15(25)19(16)27)11-21-24-18(26)8-4-7-17-22-14-6-3-2-5-13(14)20(28)23-17/h2-3,5-6,9-11,25,27H,4,7-8H2,1H3,(H,24,26)(H,22,23,28)/b21-11+. The smallest absolute Gasteiger partial charge is 0.258 e. The van der Waals surface area contributed by atoms with E-state index < -0.39 is 0 Å². The Morgan fingerprint density at radius 1 is 1.31 bits per heavy atom. The molecule has 0 fully saturated rings. The maximum absolute atomic E-state index is 12.0. The van der Waals surface area contributed by atoms with Crippen molar-refractivity contribution in [2.75, 3.05) is 7.11 Å². The van der Waals surface area contributed by atoms with Gasteiger partial charge in [-0.05, 0) is 30.7 Å². The Morgan fingerprint density at radius 2 is 2.10 bits per heavy atom. The number of ether oxygens (including phenoxy) is 1. The number of aromatic nitrogens is 2. The molecule has 3 aromatic rings. The van der Waals surface area contributed by atoms with E-state index in [1.54, 1.807) is 18.2 Å². The van der Waals surface area contributed by atoms with E-state index in [1.165, 1.54) is 25.5 Å². The quantitative estimate of drug-likeness (QED) is 0.273. The van der Waals surface area contributed by atoms with Crippen molar-refractivity contribution in [1.29, 1.82) is 0 Å². The highest BCUT2D eigenvalue weighted by Crippen LogP contribution is 2.35. The Balaban J connectivity index is 1.52. The maximum Gasteiger partial charge on any atom is 0.258 e. The number of carbonyl (C=O) groups is 1. The molecule has 9 nitrogen and oxygen atoms in total. The van der Waals surface area contributed by atoms with Crippen LogP contribution in [-0.4, -0.2) is 39.4 Å². The van der Waals surface area contributed by atoms with Crippen molar-refractivity contribution >= 4 is 23.0 Å². The minimum Gasteiger partial charge on any atom is -0.504 e. The number of H-pyrrole nitrogens is 1. The van der Waals surface area contributed by atoms with Crippen molar-refractivity contribution in [2.24, 2.45) is 5.10 Å². The summed E-state index contributed by atoms with van der Waals surface area (Å²) in [6, 6.07) is 9.82. The Labute approximate surface area is 165 Å². The van der Waals surface area contributed by atoms with E-state index in [9.17, 15) is 19.8 Å². The number of carbonyl (C=O) groups excluding carboxylic acids is 1. The van der Waals surface area contributed by atoms with E-state index in [4.69, 9.17) is 4.74 Å². The lowest BCUT2D eigenvalue weighted by atomic mass is 10.2. The molecule has 0 saturated carbocycles. The number of phenols is 2. The van der Waals surface area contributed by atoms with Crippen LogP contribution in [0.25, 0.3) is 10.9 Å². The molecule has 0 saturated heterocycles. The van der Waals surface area contributed by atoms with Gasteiger partial charge in [-0.2, -0.15) is 5.10 Å². The summed E-state index contributed by atoms with van der Waals surface area (Å²) in [6.45, 7) is 0. The van der Waals surface area contributed by atoms with Gasteiger partial charge < -0.3 is 19.9 Å². The average molecular weight is 396 g/mol. The lowest BCUT2D eigenvalue weighted by Crippen LogP contribution is -2.18. The first-order valence-electron chi connectivity index (χ1n) is 8.87. The first kappa shape index (κ1) is 19.9. The van der Waals surface area contributed by atoms with E-state index in [0.717, 1.165) is 0 Å². The number of rotatable bonds is 7. The first-order valence-corrected chi connectivity index (χ1v) is 8.87. The molecule has 1 aromatic heterocycles. The minimum absolute atomic E-state index is 0.0923. The van der Waals surface area contributed by atoms with E-state index in [2.05, 4.69) is 20.5 Å². The lowest BCUT2D eigenvalue weighted by molar-refractivity contribution is -0.121. The third-order valence-electron chi connectivity index (χ3n) is 4.18. The molecule has 150 valence electrons. The minimum atomic E-state index is -0.367. The van der Waals surface area contributed by atoms with Crippen molar-refractivity contribution in [3.8, 4) is 17.2 Å². The van der Waals surface area contributed by atoms with Gasteiger partial charge in [-0.3, -0.25) is 9.59 Å². The Morgan fingerprint density at radius 3 is 2.90 bits per heavy atom. The number of para-hydroxylation sites is 1. The van der Waals surface area contributed by atoms with E-state index in [0.29, 0.717) is 35.1 Å². The second kappa shape index (κ2) is 8.87. The summed E-state index contributed by atoms with van der Waals surface area (Å²) in [5.41, 5.74) is 3.24. The van der Waals surface area contributed by atoms with Gasteiger partial charge in [0, 0.05) is 18.4 Å². The van der Waals surface area contributed by atoms with Crippen LogP contribution in [0.2, 0.25) is 0 Å². The second-order valence-electron chi connectivity index (χ2n) is 6.27. The number of fused-ring (bicyclic) bond motifs is 1. The summed E-state index contributed by atoms with van der Waals surface area (Å²) in [5.74, 6) is -0.409. The summed E-state index contributed by atoms with van der Waals surface area (Å²) < 4.78 is 4.93. The van der Waals surface area contributed by atoms with Gasteiger partial charge in [-0.1, -0.05) is 12.1 Å². The summed E-state index contributed by atoms with van der Waals surface area (Å²) in [5, 5.41) is 23.6. The molecule has 0 radical (unpaired) electrons. The zero-order valence-corrected chi connectivity index (χ0v) is 15.7. The topological polar surface area (TPSA) is 137 Å². The predicted octanol–water partition coefficient (Wildman–Crippen LogP) is 1.82. The first-order chi connectivity index (χ1) is 14.0. The molecule has 4 N–H and O–H groups in total. The fourth-order valence-electron chi connectivity index (χ4n) is 2.75. The highest BCUT2D eigenvalue weighted by molar-refractivity contribution is 5.84. The van der Waals surface area contributed by atoms with Gasteiger partial charge in [-0.25, -0.2) is 10.4 Å². The number of amides is 1. The number of benzene rings is 2. The highest BCUT2D eigenvalue weighted by Gasteiger charge is 2.09. The molecule has 1 heterocycles. The number of nitrogens with one attached hydrogen (secondary N) is 2. The highest BCUT2D eigenvalue weighted by atomic mass is 16.5. The molecule has 0 atom stereocenters. The molecule has 0 bridgehead atoms. The number of hydrogen-bond acceptors (Lipinski definition) is 7. The summed E-state index contributed by atoms with van der Waals surface area (Å²) in [6.07, 6.45) is 2.44. The number of aromatic amines is 1. The second-order valence-corrected chi connectivity index (χ2v) is 6.27. The van der Waals surface area contributed by atoms with E-state index >= 15 is 0 Å². The van der Waals surface area contributed by atoms with E-state index in [1.807, 2.05) is 6.07 Å². The Hall–Kier alpha value is -3.88. The molecule has 9 heteroatoms. The molecule has 29 heavy (non-hydrogen) atoms. The molecular formula is C20H20N4O5. The molecule has 3 rings (SSSR count). The number of hydrogen-bond donors (Lipinski definition) is 4. The van der Waals surface area contributed by atoms with Crippen LogP contribution in [0, 0.1) is 0 Å². The Bertz CT molecular complexity index is 1120. The SMILES string of the molecule is COc1cc(/C=N/NC(=O)CCCc2nc3ccccc3c(=O)[nH]2)cc(O)c1O. The maximum atomic E-state index is 12.0. The van der Waals surface area contributed by atoms with Crippen molar-refractivity contribution in [3.63, 3.8) is 0 Å². The molecule has 2 aromatic carbocycles. The monoisotopic (exact) mass is 396 g/mol. The number of aromatic hydroxyl groups is 2. The summed E-state index contributed by atoms with van der Waals surface area (Å²) in [4.78, 5) is 31.1. The Kier molecular flexibility index (Phi) is 6.08. The lowest BCUT2D eigenvalue weighted by Gasteiger charge is -2.06. The van der Waals surface area contributed by atoms with Gasteiger partial charge in [0.2, 0.25) is 11.7 Å². The summed E-state index contributed by atoms with van der Waals surface area (Å²) >= 11 is 0. The molecule has 0 aliphatic heterocycles.